The van der Waals surface area contributed by atoms with E-state index in [0.717, 1.165) is 25.7 Å². The molecule has 1 rings (SSSR count). The Labute approximate surface area is 156 Å². The van der Waals surface area contributed by atoms with E-state index in [4.69, 9.17) is 5.11 Å². The van der Waals surface area contributed by atoms with Crippen molar-refractivity contribution < 1.29 is 19.8 Å². The Kier molecular flexibility index (Phi) is 10.8. The van der Waals surface area contributed by atoms with E-state index in [1.807, 2.05) is 24.3 Å². The summed E-state index contributed by atoms with van der Waals surface area (Å²) in [4.78, 5) is 22.7. The van der Waals surface area contributed by atoms with Crippen LogP contribution in [0.25, 0.3) is 0 Å². The molecule has 0 radical (unpaired) electrons. The van der Waals surface area contributed by atoms with Crippen molar-refractivity contribution in [2.75, 3.05) is 0 Å². The predicted octanol–water partition coefficient (Wildman–Crippen LogP) is 4.19. The zero-order valence-corrected chi connectivity index (χ0v) is 16.0. The van der Waals surface area contributed by atoms with Gasteiger partial charge in [-0.25, -0.2) is 0 Å². The van der Waals surface area contributed by atoms with Crippen LogP contribution < -0.4 is 0 Å². The van der Waals surface area contributed by atoms with E-state index in [-0.39, 0.29) is 29.3 Å². The molecule has 1 fully saturated rings. The molecule has 25 heavy (non-hydrogen) atoms. The number of carbonyl (C=O) groups is 2. The Bertz CT molecular complexity index is 472. The highest BCUT2D eigenvalue weighted by Gasteiger charge is 2.38. The van der Waals surface area contributed by atoms with Gasteiger partial charge in [0.2, 0.25) is 0 Å². The molecular weight excluding hydrogens is 336 g/mol. The van der Waals surface area contributed by atoms with E-state index in [2.05, 4.69) is 19.6 Å². The molecular formula is C20H32O4S. The molecule has 0 aromatic carbocycles. The number of hydrogen-bond donors (Lipinski definition) is 3. The Balaban J connectivity index is 2.48. The van der Waals surface area contributed by atoms with E-state index in [1.165, 1.54) is 0 Å². The van der Waals surface area contributed by atoms with Crippen molar-refractivity contribution in [3.05, 3.63) is 24.3 Å². The summed E-state index contributed by atoms with van der Waals surface area (Å²) in [5.41, 5.74) is 0. The topological polar surface area (TPSA) is 74.6 Å². The lowest BCUT2D eigenvalue weighted by Crippen LogP contribution is -2.16. The van der Waals surface area contributed by atoms with Crippen LogP contribution in [0, 0.1) is 11.8 Å². The SMILES string of the molecule is CCCCC[C@H](O)/C=C/[C@H]1[C@@H](S)CC(=O)[C@@H]1C/C=C\CCCC(=O)O. The number of carbonyl (C=O) groups excluding carboxylic acids is 1. The summed E-state index contributed by atoms with van der Waals surface area (Å²) >= 11 is 4.55. The highest BCUT2D eigenvalue weighted by Crippen LogP contribution is 2.36. The fourth-order valence-corrected chi connectivity index (χ4v) is 3.70. The summed E-state index contributed by atoms with van der Waals surface area (Å²) in [5.74, 6) is -0.581. The van der Waals surface area contributed by atoms with Crippen LogP contribution >= 0.6 is 12.6 Å². The highest BCUT2D eigenvalue weighted by molar-refractivity contribution is 7.81. The maximum atomic E-state index is 12.2. The molecule has 1 saturated carbocycles. The number of aliphatic hydroxyl groups is 1. The molecule has 0 spiro atoms. The number of rotatable bonds is 12. The Morgan fingerprint density at radius 2 is 2.08 bits per heavy atom. The van der Waals surface area contributed by atoms with Crippen LogP contribution in [0.4, 0.5) is 0 Å². The monoisotopic (exact) mass is 368 g/mol. The fraction of sp³-hybridized carbons (Fsp3) is 0.700. The van der Waals surface area contributed by atoms with E-state index in [1.54, 1.807) is 0 Å². The molecule has 0 aliphatic heterocycles. The van der Waals surface area contributed by atoms with E-state index < -0.39 is 12.1 Å². The third-order valence-corrected chi connectivity index (χ3v) is 5.24. The van der Waals surface area contributed by atoms with Gasteiger partial charge >= 0.3 is 5.97 Å². The standard InChI is InChI=1S/C20H32O4S/c1-2-3-6-9-15(21)12-13-17-16(18(22)14-19(17)25)10-7-4-5-8-11-20(23)24/h4,7,12-13,15-17,19,21,25H,2-3,5-6,8-11,14H2,1H3,(H,23,24)/b7-4-,13-12+/t15-,16+,17+,19-/m0/s1. The molecule has 0 unspecified atom stereocenters. The first-order chi connectivity index (χ1) is 12.0. The third-order valence-electron chi connectivity index (χ3n) is 4.71. The van der Waals surface area contributed by atoms with Crippen LogP contribution in [0.3, 0.4) is 0 Å². The van der Waals surface area contributed by atoms with E-state index >= 15 is 0 Å². The zero-order valence-electron chi connectivity index (χ0n) is 15.1. The Morgan fingerprint density at radius 1 is 1.32 bits per heavy atom. The smallest absolute Gasteiger partial charge is 0.303 e. The first kappa shape index (κ1) is 22.0. The number of hydrogen-bond acceptors (Lipinski definition) is 4. The van der Waals surface area contributed by atoms with Gasteiger partial charge in [-0.2, -0.15) is 12.6 Å². The third kappa shape index (κ3) is 8.73. The molecule has 0 bridgehead atoms. The normalized spacial score (nSPS) is 25.2. The number of aliphatic carboxylic acids is 1. The zero-order chi connectivity index (χ0) is 18.7. The predicted molar refractivity (Wildman–Crippen MR) is 104 cm³/mol. The lowest BCUT2D eigenvalue weighted by Gasteiger charge is -2.17. The molecule has 0 saturated heterocycles. The summed E-state index contributed by atoms with van der Waals surface area (Å²) in [6.07, 6.45) is 14.0. The van der Waals surface area contributed by atoms with Crippen LogP contribution in [0.1, 0.15) is 64.7 Å². The average Bonchev–Trinajstić information content (AvgIpc) is 2.82. The number of unbranched alkanes of at least 4 members (excludes halogenated alkanes) is 3. The van der Waals surface area contributed by atoms with Gasteiger partial charge in [0, 0.05) is 24.0 Å². The van der Waals surface area contributed by atoms with Crippen molar-refractivity contribution in [3.63, 3.8) is 0 Å². The Hall–Kier alpha value is -1.07. The molecule has 4 atom stereocenters. The van der Waals surface area contributed by atoms with E-state index in [0.29, 0.717) is 25.7 Å². The van der Waals surface area contributed by atoms with Gasteiger partial charge in [-0.05, 0) is 31.6 Å². The molecule has 4 nitrogen and oxygen atoms in total. The fourth-order valence-electron chi connectivity index (χ4n) is 3.22. The number of carboxylic acids is 1. The van der Waals surface area contributed by atoms with Crippen LogP contribution in [0.5, 0.6) is 0 Å². The Morgan fingerprint density at radius 3 is 2.76 bits per heavy atom. The van der Waals surface area contributed by atoms with Crippen LogP contribution in [-0.2, 0) is 9.59 Å². The van der Waals surface area contributed by atoms with Gasteiger partial charge in [0.05, 0.1) is 6.10 Å². The summed E-state index contributed by atoms with van der Waals surface area (Å²) in [7, 11) is 0. The summed E-state index contributed by atoms with van der Waals surface area (Å²) in [5, 5.41) is 18.7. The maximum Gasteiger partial charge on any atom is 0.303 e. The maximum absolute atomic E-state index is 12.2. The lowest BCUT2D eigenvalue weighted by atomic mass is 9.91. The minimum Gasteiger partial charge on any atom is -0.481 e. The second kappa shape index (κ2) is 12.3. The minimum absolute atomic E-state index is 0.0111. The summed E-state index contributed by atoms with van der Waals surface area (Å²) in [6, 6.07) is 0. The molecule has 0 aromatic heterocycles. The number of ketones is 1. The molecule has 1 aliphatic rings. The summed E-state index contributed by atoms with van der Waals surface area (Å²) in [6.45, 7) is 2.14. The van der Waals surface area contributed by atoms with Gasteiger partial charge in [0.25, 0.3) is 0 Å². The van der Waals surface area contributed by atoms with Crippen molar-refractivity contribution in [3.8, 4) is 0 Å². The molecule has 1 aliphatic carbocycles. The molecule has 142 valence electrons. The van der Waals surface area contributed by atoms with Gasteiger partial charge in [0.15, 0.2) is 0 Å². The first-order valence-corrected chi connectivity index (χ1v) is 9.91. The van der Waals surface area contributed by atoms with Gasteiger partial charge in [-0.1, -0.05) is 50.5 Å². The molecule has 0 heterocycles. The van der Waals surface area contributed by atoms with Crippen LogP contribution in [0.2, 0.25) is 0 Å². The number of allylic oxidation sites excluding steroid dienone is 3. The van der Waals surface area contributed by atoms with Gasteiger partial charge in [-0.3, -0.25) is 9.59 Å². The van der Waals surface area contributed by atoms with Crippen molar-refractivity contribution in [2.45, 2.75) is 76.1 Å². The lowest BCUT2D eigenvalue weighted by molar-refractivity contribution is -0.137. The van der Waals surface area contributed by atoms with Crippen LogP contribution in [-0.4, -0.2) is 33.3 Å². The number of Topliss-reactive ketones (excluding diaryl/α,β-unsaturated/α-hetero) is 1. The first-order valence-electron chi connectivity index (χ1n) is 9.39. The molecule has 0 amide bonds. The van der Waals surface area contributed by atoms with Crippen molar-refractivity contribution in [1.29, 1.82) is 0 Å². The van der Waals surface area contributed by atoms with Crippen LogP contribution in [0.15, 0.2) is 24.3 Å². The highest BCUT2D eigenvalue weighted by atomic mass is 32.1. The second-order valence-corrected chi connectivity index (χ2v) is 7.53. The average molecular weight is 369 g/mol. The molecule has 2 N–H and O–H groups in total. The van der Waals surface area contributed by atoms with Gasteiger partial charge < -0.3 is 10.2 Å². The number of thiol groups is 1. The van der Waals surface area contributed by atoms with Crippen molar-refractivity contribution in [2.24, 2.45) is 11.8 Å². The number of carboxylic acid groups (broad SMARTS) is 1. The van der Waals surface area contributed by atoms with Gasteiger partial charge in [0.1, 0.15) is 5.78 Å². The quantitative estimate of drug-likeness (QED) is 0.274. The minimum atomic E-state index is -0.778. The number of aliphatic hydroxyl groups excluding tert-OH is 1. The molecule has 0 aromatic rings. The van der Waals surface area contributed by atoms with Crippen molar-refractivity contribution in [1.82, 2.24) is 0 Å². The summed E-state index contributed by atoms with van der Waals surface area (Å²) < 4.78 is 0. The molecule has 5 heteroatoms. The second-order valence-electron chi connectivity index (χ2n) is 6.86. The van der Waals surface area contributed by atoms with Gasteiger partial charge in [-0.15, -0.1) is 0 Å². The largest absolute Gasteiger partial charge is 0.481 e. The van der Waals surface area contributed by atoms with E-state index in [9.17, 15) is 14.7 Å². The van der Waals surface area contributed by atoms with Crippen molar-refractivity contribution >= 4 is 24.4 Å².